The number of carbonyl (C=O) groups is 1. The molecule has 0 bridgehead atoms. The molecule has 122 valence electrons. The van der Waals surface area contributed by atoms with Gasteiger partial charge in [0.05, 0.1) is 12.0 Å². The SMILES string of the molecule is Cl.O=C(NC(Cc1ccccc1)c1ccccc1F)C1CNC1. The van der Waals surface area contributed by atoms with Crippen LogP contribution in [-0.4, -0.2) is 19.0 Å². The minimum Gasteiger partial charge on any atom is -0.349 e. The summed E-state index contributed by atoms with van der Waals surface area (Å²) in [6.45, 7) is 1.39. The van der Waals surface area contributed by atoms with Crippen molar-refractivity contribution in [1.29, 1.82) is 0 Å². The van der Waals surface area contributed by atoms with Gasteiger partial charge in [0, 0.05) is 18.7 Å². The standard InChI is InChI=1S/C18H19FN2O.ClH/c19-16-9-5-4-8-15(16)17(10-13-6-2-1-3-7-13)21-18(22)14-11-20-12-14;/h1-9,14,17,20H,10-12H2,(H,21,22);1H. The Morgan fingerprint density at radius 3 is 2.39 bits per heavy atom. The minimum atomic E-state index is -0.350. The lowest BCUT2D eigenvalue weighted by Gasteiger charge is -2.29. The number of nitrogens with one attached hydrogen (secondary N) is 2. The summed E-state index contributed by atoms with van der Waals surface area (Å²) < 4.78 is 14.1. The average Bonchev–Trinajstić information content (AvgIpc) is 2.46. The summed E-state index contributed by atoms with van der Waals surface area (Å²) in [6.07, 6.45) is 0.577. The van der Waals surface area contributed by atoms with E-state index in [0.717, 1.165) is 5.56 Å². The van der Waals surface area contributed by atoms with Crippen molar-refractivity contribution >= 4 is 18.3 Å². The molecule has 1 heterocycles. The molecule has 0 aliphatic carbocycles. The number of carbonyl (C=O) groups excluding carboxylic acids is 1. The van der Waals surface area contributed by atoms with E-state index < -0.39 is 0 Å². The second kappa shape index (κ2) is 8.09. The van der Waals surface area contributed by atoms with Crippen molar-refractivity contribution in [2.45, 2.75) is 12.5 Å². The molecule has 1 atom stereocenters. The van der Waals surface area contributed by atoms with Crippen LogP contribution in [0.25, 0.3) is 0 Å². The lowest BCUT2D eigenvalue weighted by Crippen LogP contribution is -2.51. The molecule has 2 aromatic carbocycles. The third kappa shape index (κ3) is 4.30. The van der Waals surface area contributed by atoms with Gasteiger partial charge in [-0.3, -0.25) is 4.79 Å². The molecule has 3 rings (SSSR count). The molecule has 3 nitrogen and oxygen atoms in total. The Balaban J connectivity index is 0.00000192. The normalized spacial score (nSPS) is 15.2. The van der Waals surface area contributed by atoms with Crippen molar-refractivity contribution in [1.82, 2.24) is 10.6 Å². The van der Waals surface area contributed by atoms with Crippen molar-refractivity contribution in [2.24, 2.45) is 5.92 Å². The minimum absolute atomic E-state index is 0. The van der Waals surface area contributed by atoms with Gasteiger partial charge in [-0.2, -0.15) is 0 Å². The highest BCUT2D eigenvalue weighted by molar-refractivity contribution is 5.85. The van der Waals surface area contributed by atoms with Crippen molar-refractivity contribution in [2.75, 3.05) is 13.1 Å². The Kier molecular flexibility index (Phi) is 6.13. The van der Waals surface area contributed by atoms with Gasteiger partial charge >= 0.3 is 0 Å². The van der Waals surface area contributed by atoms with Gasteiger partial charge < -0.3 is 10.6 Å². The van der Waals surface area contributed by atoms with E-state index in [1.54, 1.807) is 18.2 Å². The van der Waals surface area contributed by atoms with E-state index in [0.29, 0.717) is 25.1 Å². The molecule has 0 spiro atoms. The van der Waals surface area contributed by atoms with Crippen molar-refractivity contribution in [3.8, 4) is 0 Å². The molecular weight excluding hydrogens is 315 g/mol. The highest BCUT2D eigenvalue weighted by atomic mass is 35.5. The predicted molar refractivity (Wildman–Crippen MR) is 91.0 cm³/mol. The fraction of sp³-hybridized carbons (Fsp3) is 0.278. The van der Waals surface area contributed by atoms with Crippen LogP contribution >= 0.6 is 12.4 Å². The first-order chi connectivity index (χ1) is 10.7. The molecule has 1 aliphatic heterocycles. The molecule has 1 fully saturated rings. The van der Waals surface area contributed by atoms with E-state index in [4.69, 9.17) is 0 Å². The van der Waals surface area contributed by atoms with Gasteiger partial charge in [-0.05, 0) is 18.1 Å². The quantitative estimate of drug-likeness (QED) is 0.882. The molecule has 2 N–H and O–H groups in total. The first-order valence-corrected chi connectivity index (χ1v) is 7.53. The van der Waals surface area contributed by atoms with Gasteiger partial charge in [-0.15, -0.1) is 12.4 Å². The van der Waals surface area contributed by atoms with Gasteiger partial charge in [0.1, 0.15) is 5.82 Å². The molecule has 2 aromatic rings. The van der Waals surface area contributed by atoms with Crippen LogP contribution in [0.1, 0.15) is 17.2 Å². The zero-order valence-corrected chi connectivity index (χ0v) is 13.5. The van der Waals surface area contributed by atoms with Gasteiger partial charge in [0.25, 0.3) is 0 Å². The molecule has 1 amide bonds. The van der Waals surface area contributed by atoms with Crippen LogP contribution in [0.4, 0.5) is 4.39 Å². The Hall–Kier alpha value is -1.91. The molecule has 5 heteroatoms. The fourth-order valence-corrected chi connectivity index (χ4v) is 2.61. The zero-order chi connectivity index (χ0) is 15.4. The zero-order valence-electron chi connectivity index (χ0n) is 12.7. The fourth-order valence-electron chi connectivity index (χ4n) is 2.61. The third-order valence-electron chi connectivity index (χ3n) is 4.03. The summed E-state index contributed by atoms with van der Waals surface area (Å²) >= 11 is 0. The van der Waals surface area contributed by atoms with Crippen molar-refractivity contribution in [3.05, 3.63) is 71.5 Å². The number of amides is 1. The summed E-state index contributed by atoms with van der Waals surface area (Å²) in [5, 5.41) is 6.09. The van der Waals surface area contributed by atoms with E-state index >= 15 is 0 Å². The molecule has 1 saturated heterocycles. The first kappa shape index (κ1) is 17.4. The number of hydrogen-bond donors (Lipinski definition) is 2. The van der Waals surface area contributed by atoms with Crippen LogP contribution in [-0.2, 0) is 11.2 Å². The van der Waals surface area contributed by atoms with Crippen LogP contribution in [0.3, 0.4) is 0 Å². The highest BCUT2D eigenvalue weighted by Crippen LogP contribution is 2.22. The lowest BCUT2D eigenvalue weighted by molar-refractivity contribution is -0.127. The second-order valence-corrected chi connectivity index (χ2v) is 5.63. The molecule has 0 aromatic heterocycles. The van der Waals surface area contributed by atoms with Crippen molar-refractivity contribution < 1.29 is 9.18 Å². The summed E-state index contributed by atoms with van der Waals surface area (Å²) in [5.74, 6) is -0.302. The van der Waals surface area contributed by atoms with Crippen LogP contribution in [0.2, 0.25) is 0 Å². The molecule has 0 saturated carbocycles. The monoisotopic (exact) mass is 334 g/mol. The smallest absolute Gasteiger partial charge is 0.226 e. The summed E-state index contributed by atoms with van der Waals surface area (Å²) in [5.41, 5.74) is 1.61. The Morgan fingerprint density at radius 2 is 1.78 bits per heavy atom. The topological polar surface area (TPSA) is 41.1 Å². The highest BCUT2D eigenvalue weighted by Gasteiger charge is 2.27. The molecule has 1 aliphatic rings. The van der Waals surface area contributed by atoms with Gasteiger partial charge in [0.2, 0.25) is 5.91 Å². The summed E-state index contributed by atoms with van der Waals surface area (Å²) in [4.78, 5) is 12.2. The van der Waals surface area contributed by atoms with Gasteiger partial charge in [-0.1, -0.05) is 48.5 Å². The van der Waals surface area contributed by atoms with Crippen LogP contribution in [0.5, 0.6) is 0 Å². The number of hydrogen-bond acceptors (Lipinski definition) is 2. The van der Waals surface area contributed by atoms with E-state index in [-0.39, 0.29) is 36.1 Å². The van der Waals surface area contributed by atoms with Crippen LogP contribution in [0, 0.1) is 11.7 Å². The van der Waals surface area contributed by atoms with E-state index in [1.807, 2.05) is 30.3 Å². The molecule has 23 heavy (non-hydrogen) atoms. The van der Waals surface area contributed by atoms with Gasteiger partial charge in [-0.25, -0.2) is 4.39 Å². The Morgan fingerprint density at radius 1 is 1.13 bits per heavy atom. The van der Waals surface area contributed by atoms with E-state index in [1.165, 1.54) is 6.07 Å². The molecular formula is C18H20ClFN2O. The Labute approximate surface area is 141 Å². The van der Waals surface area contributed by atoms with E-state index in [2.05, 4.69) is 10.6 Å². The predicted octanol–water partition coefficient (Wildman–Crippen LogP) is 2.87. The summed E-state index contributed by atoms with van der Waals surface area (Å²) in [7, 11) is 0. The second-order valence-electron chi connectivity index (χ2n) is 5.63. The maximum atomic E-state index is 14.1. The van der Waals surface area contributed by atoms with E-state index in [9.17, 15) is 9.18 Å². The number of rotatable bonds is 5. The van der Waals surface area contributed by atoms with Crippen molar-refractivity contribution in [3.63, 3.8) is 0 Å². The number of benzene rings is 2. The first-order valence-electron chi connectivity index (χ1n) is 7.53. The molecule has 1 unspecified atom stereocenters. The average molecular weight is 335 g/mol. The summed E-state index contributed by atoms with van der Waals surface area (Å²) in [6, 6.07) is 16.1. The Bertz CT molecular complexity index is 646. The lowest BCUT2D eigenvalue weighted by atomic mass is 9.96. The van der Waals surface area contributed by atoms with Gasteiger partial charge in [0.15, 0.2) is 0 Å². The van der Waals surface area contributed by atoms with Crippen LogP contribution < -0.4 is 10.6 Å². The maximum absolute atomic E-state index is 14.1. The largest absolute Gasteiger partial charge is 0.349 e. The van der Waals surface area contributed by atoms with Crippen LogP contribution in [0.15, 0.2) is 54.6 Å². The number of halogens is 2. The maximum Gasteiger partial charge on any atom is 0.226 e. The third-order valence-corrected chi connectivity index (χ3v) is 4.03. The molecule has 0 radical (unpaired) electrons.